The largest absolute Gasteiger partial charge is 0.497 e. The van der Waals surface area contributed by atoms with E-state index in [4.69, 9.17) is 4.74 Å². The van der Waals surface area contributed by atoms with Gasteiger partial charge in [0.05, 0.1) is 12.9 Å². The third-order valence-corrected chi connectivity index (χ3v) is 5.19. The molecule has 1 heterocycles. The fourth-order valence-corrected chi connectivity index (χ4v) is 3.78. The van der Waals surface area contributed by atoms with Crippen molar-refractivity contribution in [1.82, 2.24) is 4.31 Å². The van der Waals surface area contributed by atoms with Crippen molar-refractivity contribution in [3.8, 4) is 5.75 Å². The first kappa shape index (κ1) is 13.4. The van der Waals surface area contributed by atoms with Crippen LogP contribution in [0.15, 0.2) is 24.3 Å². The standard InChI is InChI=1S/C13H19NO3S/c1-17-13-6-4-5-12(11-13)7-9-14-8-2-3-10-18(14,15)16/h4-6,11H,2-3,7-10H2,1H3. The normalized spacial score (nSPS) is 19.6. The van der Waals surface area contributed by atoms with E-state index >= 15 is 0 Å². The highest BCUT2D eigenvalue weighted by molar-refractivity contribution is 7.89. The number of rotatable bonds is 4. The number of hydrogen-bond acceptors (Lipinski definition) is 3. The molecule has 0 aliphatic carbocycles. The van der Waals surface area contributed by atoms with Crippen LogP contribution >= 0.6 is 0 Å². The lowest BCUT2D eigenvalue weighted by Gasteiger charge is -2.26. The first-order chi connectivity index (χ1) is 8.62. The minimum absolute atomic E-state index is 0.297. The van der Waals surface area contributed by atoms with Crippen LogP contribution in [0.4, 0.5) is 0 Å². The van der Waals surface area contributed by atoms with Gasteiger partial charge in [0.1, 0.15) is 5.75 Å². The minimum atomic E-state index is -3.01. The van der Waals surface area contributed by atoms with Crippen LogP contribution in [0.2, 0.25) is 0 Å². The number of ether oxygens (including phenoxy) is 1. The van der Waals surface area contributed by atoms with E-state index in [-0.39, 0.29) is 0 Å². The molecule has 18 heavy (non-hydrogen) atoms. The van der Waals surface area contributed by atoms with E-state index in [9.17, 15) is 8.42 Å². The number of methoxy groups -OCH3 is 1. The van der Waals surface area contributed by atoms with Crippen molar-refractivity contribution in [2.45, 2.75) is 19.3 Å². The lowest BCUT2D eigenvalue weighted by Crippen LogP contribution is -2.39. The molecule has 0 bridgehead atoms. The van der Waals surface area contributed by atoms with E-state index < -0.39 is 10.0 Å². The summed E-state index contributed by atoms with van der Waals surface area (Å²) < 4.78 is 30.4. The quantitative estimate of drug-likeness (QED) is 0.835. The SMILES string of the molecule is COc1cccc(CCN2CCCCS2(=O)=O)c1. The van der Waals surface area contributed by atoms with E-state index in [1.807, 2.05) is 24.3 Å². The van der Waals surface area contributed by atoms with Gasteiger partial charge in [-0.25, -0.2) is 12.7 Å². The second-order valence-corrected chi connectivity index (χ2v) is 6.61. The van der Waals surface area contributed by atoms with Crippen LogP contribution in [-0.2, 0) is 16.4 Å². The van der Waals surface area contributed by atoms with Gasteiger partial charge in [-0.1, -0.05) is 12.1 Å². The summed E-state index contributed by atoms with van der Waals surface area (Å²) >= 11 is 0. The lowest BCUT2D eigenvalue weighted by atomic mass is 10.1. The Kier molecular flexibility index (Phi) is 4.24. The van der Waals surface area contributed by atoms with Crippen LogP contribution in [0.25, 0.3) is 0 Å². The molecule has 0 spiro atoms. The van der Waals surface area contributed by atoms with Gasteiger partial charge in [-0.2, -0.15) is 0 Å². The molecular weight excluding hydrogens is 250 g/mol. The second-order valence-electron chi connectivity index (χ2n) is 4.52. The zero-order valence-electron chi connectivity index (χ0n) is 10.6. The predicted octanol–water partition coefficient (Wildman–Crippen LogP) is 1.66. The highest BCUT2D eigenvalue weighted by atomic mass is 32.2. The van der Waals surface area contributed by atoms with Crippen LogP contribution in [0.3, 0.4) is 0 Å². The molecule has 1 fully saturated rings. The average molecular weight is 269 g/mol. The van der Waals surface area contributed by atoms with Crippen molar-refractivity contribution in [2.75, 3.05) is 26.0 Å². The molecule has 0 radical (unpaired) electrons. The van der Waals surface area contributed by atoms with Crippen molar-refractivity contribution in [2.24, 2.45) is 0 Å². The monoisotopic (exact) mass is 269 g/mol. The highest BCUT2D eigenvalue weighted by Gasteiger charge is 2.24. The van der Waals surface area contributed by atoms with E-state index in [1.54, 1.807) is 11.4 Å². The van der Waals surface area contributed by atoms with Gasteiger partial charge < -0.3 is 4.74 Å². The maximum absolute atomic E-state index is 11.8. The maximum Gasteiger partial charge on any atom is 0.214 e. The smallest absolute Gasteiger partial charge is 0.214 e. The molecule has 100 valence electrons. The van der Waals surface area contributed by atoms with E-state index in [2.05, 4.69) is 0 Å². The highest BCUT2D eigenvalue weighted by Crippen LogP contribution is 2.16. The predicted molar refractivity (Wildman–Crippen MR) is 71.3 cm³/mol. The minimum Gasteiger partial charge on any atom is -0.497 e. The van der Waals surface area contributed by atoms with Gasteiger partial charge in [0.25, 0.3) is 0 Å². The molecule has 0 saturated carbocycles. The maximum atomic E-state index is 11.8. The summed E-state index contributed by atoms with van der Waals surface area (Å²) in [5.74, 6) is 1.11. The number of nitrogens with zero attached hydrogens (tertiary/aromatic N) is 1. The second kappa shape index (κ2) is 5.71. The fraction of sp³-hybridized carbons (Fsp3) is 0.538. The summed E-state index contributed by atoms with van der Waals surface area (Å²) in [5, 5.41) is 0. The summed E-state index contributed by atoms with van der Waals surface area (Å²) in [6.07, 6.45) is 2.49. The molecule has 0 amide bonds. The molecule has 0 unspecified atom stereocenters. The summed E-state index contributed by atoms with van der Waals surface area (Å²) in [4.78, 5) is 0. The Bertz CT molecular complexity index is 499. The van der Waals surface area contributed by atoms with E-state index in [0.29, 0.717) is 18.8 Å². The summed E-state index contributed by atoms with van der Waals surface area (Å²) in [6, 6.07) is 7.77. The number of benzene rings is 1. The Morgan fingerprint density at radius 3 is 2.89 bits per heavy atom. The average Bonchev–Trinajstić information content (AvgIpc) is 2.37. The number of sulfonamides is 1. The molecular formula is C13H19NO3S. The molecule has 0 aromatic heterocycles. The van der Waals surface area contributed by atoms with Crippen LogP contribution in [0.1, 0.15) is 18.4 Å². The van der Waals surface area contributed by atoms with Crippen LogP contribution < -0.4 is 4.74 Å². The van der Waals surface area contributed by atoms with Crippen molar-refractivity contribution < 1.29 is 13.2 Å². The summed E-state index contributed by atoms with van der Waals surface area (Å²) in [5.41, 5.74) is 1.11. The Morgan fingerprint density at radius 2 is 2.17 bits per heavy atom. The van der Waals surface area contributed by atoms with Gasteiger partial charge in [0.15, 0.2) is 0 Å². The Balaban J connectivity index is 1.98. The Morgan fingerprint density at radius 1 is 1.33 bits per heavy atom. The van der Waals surface area contributed by atoms with Gasteiger partial charge in [-0.05, 0) is 37.0 Å². The molecule has 1 aromatic carbocycles. The molecule has 1 aromatic rings. The molecule has 4 nitrogen and oxygen atoms in total. The third-order valence-electron chi connectivity index (χ3n) is 3.24. The Labute approximate surface area is 109 Å². The fourth-order valence-electron chi connectivity index (χ4n) is 2.17. The molecule has 5 heteroatoms. The van der Waals surface area contributed by atoms with Crippen LogP contribution in [0, 0.1) is 0 Å². The molecule has 0 N–H and O–H groups in total. The van der Waals surface area contributed by atoms with Gasteiger partial charge in [-0.3, -0.25) is 0 Å². The van der Waals surface area contributed by atoms with Gasteiger partial charge >= 0.3 is 0 Å². The van der Waals surface area contributed by atoms with Crippen LogP contribution in [-0.4, -0.2) is 38.7 Å². The first-order valence-corrected chi connectivity index (χ1v) is 7.83. The molecule has 0 atom stereocenters. The summed E-state index contributed by atoms with van der Waals surface area (Å²) in [7, 11) is -1.37. The molecule has 1 aliphatic rings. The van der Waals surface area contributed by atoms with Gasteiger partial charge in [-0.15, -0.1) is 0 Å². The zero-order chi connectivity index (χ0) is 13.0. The summed E-state index contributed by atoms with van der Waals surface area (Å²) in [6.45, 7) is 1.22. The zero-order valence-corrected chi connectivity index (χ0v) is 11.4. The molecule has 1 aliphatic heterocycles. The van der Waals surface area contributed by atoms with Gasteiger partial charge in [0, 0.05) is 13.1 Å². The molecule has 2 rings (SSSR count). The van der Waals surface area contributed by atoms with Crippen molar-refractivity contribution >= 4 is 10.0 Å². The molecule has 1 saturated heterocycles. The van der Waals surface area contributed by atoms with Crippen molar-refractivity contribution in [3.63, 3.8) is 0 Å². The van der Waals surface area contributed by atoms with Crippen molar-refractivity contribution in [3.05, 3.63) is 29.8 Å². The van der Waals surface area contributed by atoms with E-state index in [0.717, 1.165) is 30.6 Å². The topological polar surface area (TPSA) is 46.6 Å². The van der Waals surface area contributed by atoms with Crippen molar-refractivity contribution in [1.29, 1.82) is 0 Å². The van der Waals surface area contributed by atoms with E-state index in [1.165, 1.54) is 0 Å². The van der Waals surface area contributed by atoms with Crippen LogP contribution in [0.5, 0.6) is 5.75 Å². The first-order valence-electron chi connectivity index (χ1n) is 6.22. The van der Waals surface area contributed by atoms with Gasteiger partial charge in [0.2, 0.25) is 10.0 Å². The lowest BCUT2D eigenvalue weighted by molar-refractivity contribution is 0.385. The third kappa shape index (κ3) is 3.23. The number of hydrogen-bond donors (Lipinski definition) is 0. The Hall–Kier alpha value is -1.07.